The van der Waals surface area contributed by atoms with Crippen LogP contribution in [0.25, 0.3) is 0 Å². The highest BCUT2D eigenvalue weighted by atomic mass is 32.2. The lowest BCUT2D eigenvalue weighted by Crippen LogP contribution is -2.36. The van der Waals surface area contributed by atoms with Gasteiger partial charge in [0.2, 0.25) is 10.0 Å². The van der Waals surface area contributed by atoms with E-state index in [1.54, 1.807) is 12.1 Å². The van der Waals surface area contributed by atoms with E-state index < -0.39 is 10.0 Å². The van der Waals surface area contributed by atoms with Gasteiger partial charge in [0.1, 0.15) is 23.9 Å². The van der Waals surface area contributed by atoms with Crippen LogP contribution in [0.4, 0.5) is 15.8 Å². The largest absolute Gasteiger partial charge is 0.492 e. The van der Waals surface area contributed by atoms with E-state index in [4.69, 9.17) is 9.47 Å². The topological polar surface area (TPSA) is 67.9 Å². The number of nitrogens with one attached hydrogen (secondary N) is 1. The standard InChI is InChI=1S/C18H21FN2O4S/c19-15-1-7-18(8-2-15)25-13-14-26(22,23)20-16-3-5-17(6-4-16)21-9-11-24-12-10-21/h1-8,20H,9-14H2. The molecule has 0 amide bonds. The van der Waals surface area contributed by atoms with Crippen molar-refractivity contribution in [1.29, 1.82) is 0 Å². The molecule has 2 aromatic carbocycles. The number of hydrogen-bond acceptors (Lipinski definition) is 5. The first-order chi connectivity index (χ1) is 12.5. The molecule has 0 aromatic heterocycles. The van der Waals surface area contributed by atoms with Crippen LogP contribution in [-0.2, 0) is 14.8 Å². The van der Waals surface area contributed by atoms with Gasteiger partial charge in [0.15, 0.2) is 0 Å². The molecule has 0 radical (unpaired) electrons. The molecule has 0 spiro atoms. The second kappa shape index (κ2) is 8.37. The van der Waals surface area contributed by atoms with Crippen molar-refractivity contribution in [2.45, 2.75) is 0 Å². The zero-order chi connectivity index (χ0) is 18.4. The number of anilines is 2. The number of benzene rings is 2. The maximum Gasteiger partial charge on any atom is 0.236 e. The van der Waals surface area contributed by atoms with Crippen molar-refractivity contribution in [1.82, 2.24) is 0 Å². The van der Waals surface area contributed by atoms with Gasteiger partial charge in [-0.15, -0.1) is 0 Å². The molecule has 6 nitrogen and oxygen atoms in total. The molecule has 2 aromatic rings. The van der Waals surface area contributed by atoms with Gasteiger partial charge in [-0.25, -0.2) is 12.8 Å². The summed E-state index contributed by atoms with van der Waals surface area (Å²) >= 11 is 0. The summed E-state index contributed by atoms with van der Waals surface area (Å²) < 4.78 is 50.3. The Morgan fingerprint density at radius 3 is 2.35 bits per heavy atom. The summed E-state index contributed by atoms with van der Waals surface area (Å²) in [7, 11) is -3.53. The van der Waals surface area contributed by atoms with Crippen molar-refractivity contribution in [3.63, 3.8) is 0 Å². The monoisotopic (exact) mass is 380 g/mol. The van der Waals surface area contributed by atoms with Crippen LogP contribution in [0, 0.1) is 5.82 Å². The van der Waals surface area contributed by atoms with E-state index in [2.05, 4.69) is 9.62 Å². The molecule has 26 heavy (non-hydrogen) atoms. The Labute approximate surface area is 152 Å². The van der Waals surface area contributed by atoms with E-state index in [0.29, 0.717) is 24.7 Å². The van der Waals surface area contributed by atoms with Crippen molar-refractivity contribution in [2.24, 2.45) is 0 Å². The molecular weight excluding hydrogens is 359 g/mol. The molecule has 3 rings (SSSR count). The average molecular weight is 380 g/mol. The summed E-state index contributed by atoms with van der Waals surface area (Å²) in [5, 5.41) is 0. The van der Waals surface area contributed by atoms with Crippen molar-refractivity contribution in [2.75, 3.05) is 48.3 Å². The number of ether oxygens (including phenoxy) is 2. The SMILES string of the molecule is O=S(=O)(CCOc1ccc(F)cc1)Nc1ccc(N2CCOCC2)cc1. The third kappa shape index (κ3) is 5.34. The van der Waals surface area contributed by atoms with Crippen LogP contribution in [0.5, 0.6) is 5.75 Å². The predicted octanol–water partition coefficient (Wildman–Crippen LogP) is 2.48. The first-order valence-corrected chi connectivity index (χ1v) is 9.99. The highest BCUT2D eigenvalue weighted by molar-refractivity contribution is 7.92. The molecule has 140 valence electrons. The minimum absolute atomic E-state index is 0.0210. The van der Waals surface area contributed by atoms with Gasteiger partial charge >= 0.3 is 0 Å². The molecule has 1 N–H and O–H groups in total. The lowest BCUT2D eigenvalue weighted by molar-refractivity contribution is 0.122. The van der Waals surface area contributed by atoms with Crippen LogP contribution in [0.3, 0.4) is 0 Å². The van der Waals surface area contributed by atoms with Gasteiger partial charge in [0.05, 0.1) is 13.2 Å². The van der Waals surface area contributed by atoms with Crippen LogP contribution in [0.15, 0.2) is 48.5 Å². The molecule has 0 aliphatic carbocycles. The normalized spacial score (nSPS) is 14.9. The summed E-state index contributed by atoms with van der Waals surface area (Å²) in [6.07, 6.45) is 0. The second-order valence-corrected chi connectivity index (χ2v) is 7.71. The Morgan fingerprint density at radius 2 is 1.69 bits per heavy atom. The lowest BCUT2D eigenvalue weighted by Gasteiger charge is -2.28. The molecule has 0 atom stereocenters. The first kappa shape index (κ1) is 18.5. The van der Waals surface area contributed by atoms with Gasteiger partial charge in [-0.1, -0.05) is 0 Å². The van der Waals surface area contributed by atoms with Crippen molar-refractivity contribution in [3.8, 4) is 5.75 Å². The van der Waals surface area contributed by atoms with Crippen LogP contribution in [0.1, 0.15) is 0 Å². The lowest BCUT2D eigenvalue weighted by atomic mass is 10.2. The number of halogens is 1. The number of sulfonamides is 1. The van der Waals surface area contributed by atoms with E-state index in [1.165, 1.54) is 24.3 Å². The smallest absolute Gasteiger partial charge is 0.236 e. The van der Waals surface area contributed by atoms with E-state index in [9.17, 15) is 12.8 Å². The van der Waals surface area contributed by atoms with E-state index >= 15 is 0 Å². The Bertz CT molecular complexity index is 804. The van der Waals surface area contributed by atoms with Gasteiger partial charge in [0, 0.05) is 24.5 Å². The Morgan fingerprint density at radius 1 is 1.04 bits per heavy atom. The minimum Gasteiger partial charge on any atom is -0.492 e. The maximum absolute atomic E-state index is 12.8. The molecule has 8 heteroatoms. The summed E-state index contributed by atoms with van der Waals surface area (Å²) in [4.78, 5) is 2.19. The molecular formula is C18H21FN2O4S. The summed E-state index contributed by atoms with van der Waals surface area (Å²) in [6.45, 7) is 3.02. The average Bonchev–Trinajstić information content (AvgIpc) is 2.64. The van der Waals surface area contributed by atoms with Crippen LogP contribution < -0.4 is 14.4 Å². The number of morpholine rings is 1. The number of hydrogen-bond donors (Lipinski definition) is 1. The third-order valence-corrected chi connectivity index (χ3v) is 5.20. The molecule has 0 saturated carbocycles. The molecule has 1 aliphatic rings. The Hall–Kier alpha value is -2.32. The fourth-order valence-electron chi connectivity index (χ4n) is 2.59. The highest BCUT2D eigenvalue weighted by Gasteiger charge is 2.13. The van der Waals surface area contributed by atoms with Gasteiger partial charge < -0.3 is 14.4 Å². The van der Waals surface area contributed by atoms with Gasteiger partial charge in [-0.05, 0) is 48.5 Å². The fraction of sp³-hybridized carbons (Fsp3) is 0.333. The predicted molar refractivity (Wildman–Crippen MR) is 98.8 cm³/mol. The van der Waals surface area contributed by atoms with Gasteiger partial charge in [0.25, 0.3) is 0 Å². The summed E-state index contributed by atoms with van der Waals surface area (Å²) in [5.74, 6) is -0.140. The number of nitrogens with zero attached hydrogens (tertiary/aromatic N) is 1. The second-order valence-electron chi connectivity index (χ2n) is 5.87. The van der Waals surface area contributed by atoms with Crippen molar-refractivity contribution < 1.29 is 22.3 Å². The fourth-order valence-corrected chi connectivity index (χ4v) is 3.49. The minimum atomic E-state index is -3.53. The molecule has 0 bridgehead atoms. The summed E-state index contributed by atoms with van der Waals surface area (Å²) in [6, 6.07) is 12.7. The zero-order valence-electron chi connectivity index (χ0n) is 14.2. The van der Waals surface area contributed by atoms with Crippen molar-refractivity contribution >= 4 is 21.4 Å². The maximum atomic E-state index is 12.8. The van der Waals surface area contributed by atoms with E-state index in [1.807, 2.05) is 12.1 Å². The van der Waals surface area contributed by atoms with Crippen molar-refractivity contribution in [3.05, 3.63) is 54.3 Å². The number of rotatable bonds is 7. The van der Waals surface area contributed by atoms with Crippen LogP contribution in [-0.4, -0.2) is 47.1 Å². The van der Waals surface area contributed by atoms with Crippen LogP contribution >= 0.6 is 0 Å². The third-order valence-electron chi connectivity index (χ3n) is 3.95. The molecule has 1 fully saturated rings. The van der Waals surface area contributed by atoms with E-state index in [-0.39, 0.29) is 18.2 Å². The molecule has 1 heterocycles. The first-order valence-electron chi connectivity index (χ1n) is 8.33. The molecule has 1 aliphatic heterocycles. The molecule has 1 saturated heterocycles. The Kier molecular flexibility index (Phi) is 5.95. The zero-order valence-corrected chi connectivity index (χ0v) is 15.0. The van der Waals surface area contributed by atoms with Crippen LogP contribution in [0.2, 0.25) is 0 Å². The highest BCUT2D eigenvalue weighted by Crippen LogP contribution is 2.20. The van der Waals surface area contributed by atoms with Gasteiger partial charge in [-0.3, -0.25) is 4.72 Å². The molecule has 0 unspecified atom stereocenters. The quantitative estimate of drug-likeness (QED) is 0.799. The Balaban J connectivity index is 1.50. The summed E-state index contributed by atoms with van der Waals surface area (Å²) in [5.41, 5.74) is 1.54. The van der Waals surface area contributed by atoms with Gasteiger partial charge in [-0.2, -0.15) is 0 Å². The van der Waals surface area contributed by atoms with E-state index in [0.717, 1.165) is 18.8 Å².